The van der Waals surface area contributed by atoms with Gasteiger partial charge in [0.2, 0.25) is 5.91 Å². The summed E-state index contributed by atoms with van der Waals surface area (Å²) < 4.78 is 5.01. The first kappa shape index (κ1) is 34.2. The quantitative estimate of drug-likeness (QED) is 0.223. The first-order chi connectivity index (χ1) is 22.8. The topological polar surface area (TPSA) is 73.4 Å². The van der Waals surface area contributed by atoms with Crippen LogP contribution in [-0.4, -0.2) is 96.5 Å². The number of likely N-dealkylation sites (tertiary alicyclic amines) is 1. The summed E-state index contributed by atoms with van der Waals surface area (Å²) in [4.78, 5) is 48.7. The molecule has 0 aromatic heterocycles. The van der Waals surface area contributed by atoms with Gasteiger partial charge in [-0.2, -0.15) is 0 Å². The molecule has 2 heterocycles. The van der Waals surface area contributed by atoms with Crippen LogP contribution in [0.3, 0.4) is 0 Å². The molecule has 3 aromatic carbocycles. The van der Waals surface area contributed by atoms with E-state index in [-0.39, 0.29) is 23.9 Å². The molecule has 2 aliphatic rings. The van der Waals surface area contributed by atoms with E-state index in [9.17, 15) is 14.4 Å². The number of nitrogens with zero attached hydrogens (tertiary/aromatic N) is 4. The molecule has 250 valence electrons. The van der Waals surface area contributed by atoms with Gasteiger partial charge in [-0.05, 0) is 41.9 Å². The Morgan fingerprint density at radius 3 is 1.72 bits per heavy atom. The number of likely N-dealkylation sites (N-methyl/N-ethyl adjacent to an activating group) is 1. The fraction of sp³-hybridized carbons (Fsp3) is 0.462. The van der Waals surface area contributed by atoms with Crippen molar-refractivity contribution in [3.8, 4) is 0 Å². The molecule has 8 heteroatoms. The van der Waals surface area contributed by atoms with Crippen LogP contribution in [0.1, 0.15) is 62.6 Å². The second-order valence-corrected chi connectivity index (χ2v) is 13.1. The van der Waals surface area contributed by atoms with E-state index in [1.807, 2.05) is 36.9 Å². The van der Waals surface area contributed by atoms with Gasteiger partial charge in [-0.15, -0.1) is 0 Å². The smallest absolute Gasteiger partial charge is 0.328 e. The Morgan fingerprint density at radius 2 is 1.21 bits per heavy atom. The van der Waals surface area contributed by atoms with E-state index in [4.69, 9.17) is 4.74 Å². The number of ether oxygens (including phenoxy) is 1. The molecule has 3 aromatic rings. The lowest BCUT2D eigenvalue weighted by molar-refractivity contribution is -0.147. The number of esters is 1. The highest BCUT2D eigenvalue weighted by atomic mass is 16.5. The predicted molar refractivity (Wildman–Crippen MR) is 185 cm³/mol. The van der Waals surface area contributed by atoms with Gasteiger partial charge in [0, 0.05) is 39.8 Å². The van der Waals surface area contributed by atoms with Gasteiger partial charge in [-0.1, -0.05) is 118 Å². The Balaban J connectivity index is 1.48. The van der Waals surface area contributed by atoms with Gasteiger partial charge in [-0.3, -0.25) is 9.69 Å². The van der Waals surface area contributed by atoms with Crippen LogP contribution in [0.2, 0.25) is 0 Å². The van der Waals surface area contributed by atoms with Crippen molar-refractivity contribution in [3.05, 3.63) is 108 Å². The Labute approximate surface area is 280 Å². The van der Waals surface area contributed by atoms with Crippen LogP contribution in [0, 0.1) is 5.92 Å². The second kappa shape index (κ2) is 15.6. The van der Waals surface area contributed by atoms with Crippen molar-refractivity contribution in [2.24, 2.45) is 5.92 Å². The third-order valence-corrected chi connectivity index (χ3v) is 9.91. The summed E-state index contributed by atoms with van der Waals surface area (Å²) in [6.07, 6.45) is 4.49. The number of hydrogen-bond donors (Lipinski definition) is 0. The molecule has 0 bridgehead atoms. The predicted octanol–water partition coefficient (Wildman–Crippen LogP) is 6.01. The molecule has 2 fully saturated rings. The maximum absolute atomic E-state index is 14.9. The Kier molecular flexibility index (Phi) is 11.4. The fourth-order valence-electron chi connectivity index (χ4n) is 7.68. The third-order valence-electron chi connectivity index (χ3n) is 9.91. The monoisotopic (exact) mass is 638 g/mol. The summed E-state index contributed by atoms with van der Waals surface area (Å²) in [7, 11) is 3.02. The van der Waals surface area contributed by atoms with E-state index in [2.05, 4.69) is 77.7 Å². The van der Waals surface area contributed by atoms with Crippen LogP contribution >= 0.6 is 0 Å². The minimum absolute atomic E-state index is 0.0956. The number of amides is 3. The highest BCUT2D eigenvalue weighted by molar-refractivity contribution is 5.84. The van der Waals surface area contributed by atoms with Crippen molar-refractivity contribution >= 4 is 17.9 Å². The number of urea groups is 1. The maximum atomic E-state index is 14.9. The standard InChI is InChI=1S/C39H50N4O4/c1-30(2)35(37(45)47-4)40(3)38(46)42-26-17-25-41(28-29-42)36(44)34-24-15-8-16-27-43(34)39(31-18-9-5-10-19-31,32-20-11-6-12-21-32)33-22-13-7-14-23-33/h5-7,9-14,18-23,30,34-35H,8,15-17,24-29H2,1-4H3/t34-,35-/m0/s1. The lowest BCUT2D eigenvalue weighted by Gasteiger charge is -2.49. The Bertz CT molecular complexity index is 1370. The maximum Gasteiger partial charge on any atom is 0.328 e. The molecule has 0 aliphatic carbocycles. The minimum atomic E-state index is -0.676. The summed E-state index contributed by atoms with van der Waals surface area (Å²) in [5.41, 5.74) is 2.74. The zero-order valence-electron chi connectivity index (χ0n) is 28.4. The molecular formula is C39H50N4O4. The van der Waals surface area contributed by atoms with E-state index in [0.717, 1.165) is 48.9 Å². The molecule has 0 N–H and O–H groups in total. The summed E-state index contributed by atoms with van der Waals surface area (Å²) in [6, 6.07) is 30.6. The van der Waals surface area contributed by atoms with Crippen molar-refractivity contribution in [2.75, 3.05) is 46.9 Å². The first-order valence-electron chi connectivity index (χ1n) is 17.1. The second-order valence-electron chi connectivity index (χ2n) is 13.1. The molecule has 2 atom stereocenters. The fourth-order valence-corrected chi connectivity index (χ4v) is 7.68. The van der Waals surface area contributed by atoms with Gasteiger partial charge >= 0.3 is 12.0 Å². The summed E-state index contributed by atoms with van der Waals surface area (Å²) in [6.45, 7) is 6.56. The van der Waals surface area contributed by atoms with Gasteiger partial charge < -0.3 is 19.4 Å². The molecule has 0 saturated carbocycles. The number of benzene rings is 3. The summed E-state index contributed by atoms with van der Waals surface area (Å²) in [5.74, 6) is -0.396. The number of rotatable bonds is 8. The van der Waals surface area contributed by atoms with Crippen LogP contribution in [-0.2, 0) is 19.9 Å². The molecule has 0 unspecified atom stereocenters. The lowest BCUT2D eigenvalue weighted by Crippen LogP contribution is -2.58. The third kappa shape index (κ3) is 7.08. The first-order valence-corrected chi connectivity index (χ1v) is 17.1. The van der Waals surface area contributed by atoms with Gasteiger partial charge in [0.25, 0.3) is 0 Å². The zero-order valence-corrected chi connectivity index (χ0v) is 28.4. The zero-order chi connectivity index (χ0) is 33.4. The molecule has 47 heavy (non-hydrogen) atoms. The highest BCUT2D eigenvalue weighted by Crippen LogP contribution is 2.45. The minimum Gasteiger partial charge on any atom is -0.467 e. The summed E-state index contributed by atoms with van der Waals surface area (Å²) >= 11 is 0. The van der Waals surface area contributed by atoms with Gasteiger partial charge in [0.05, 0.1) is 18.7 Å². The van der Waals surface area contributed by atoms with E-state index >= 15 is 0 Å². The normalized spacial score (nSPS) is 18.6. The van der Waals surface area contributed by atoms with Gasteiger partial charge in [0.1, 0.15) is 6.04 Å². The van der Waals surface area contributed by atoms with E-state index < -0.39 is 17.6 Å². The molecule has 8 nitrogen and oxygen atoms in total. The van der Waals surface area contributed by atoms with Crippen LogP contribution < -0.4 is 0 Å². The number of carbonyl (C=O) groups is 3. The van der Waals surface area contributed by atoms with Crippen LogP contribution in [0.4, 0.5) is 4.79 Å². The van der Waals surface area contributed by atoms with Crippen LogP contribution in [0.25, 0.3) is 0 Å². The van der Waals surface area contributed by atoms with E-state index in [0.29, 0.717) is 32.6 Å². The number of methoxy groups -OCH3 is 1. The largest absolute Gasteiger partial charge is 0.467 e. The molecule has 5 rings (SSSR count). The van der Waals surface area contributed by atoms with Gasteiger partial charge in [0.15, 0.2) is 0 Å². The molecule has 0 radical (unpaired) electrons. The van der Waals surface area contributed by atoms with Crippen LogP contribution in [0.5, 0.6) is 0 Å². The number of hydrogen-bond acceptors (Lipinski definition) is 5. The van der Waals surface area contributed by atoms with Gasteiger partial charge in [-0.25, -0.2) is 9.59 Å². The number of carbonyl (C=O) groups excluding carboxylic acids is 3. The molecule has 2 saturated heterocycles. The molecule has 0 spiro atoms. The van der Waals surface area contributed by atoms with Crippen molar-refractivity contribution in [2.45, 2.75) is 63.6 Å². The van der Waals surface area contributed by atoms with E-state index in [1.54, 1.807) is 11.9 Å². The SMILES string of the molecule is COC(=O)[C@H](C(C)C)N(C)C(=O)N1CCCN(C(=O)[C@@H]2CCCCCN2C(c2ccccc2)(c2ccccc2)c2ccccc2)CC1. The van der Waals surface area contributed by atoms with Crippen molar-refractivity contribution in [3.63, 3.8) is 0 Å². The molecule has 2 aliphatic heterocycles. The highest BCUT2D eigenvalue weighted by Gasteiger charge is 2.48. The van der Waals surface area contributed by atoms with Crippen LogP contribution in [0.15, 0.2) is 91.0 Å². The van der Waals surface area contributed by atoms with Crippen molar-refractivity contribution < 1.29 is 19.1 Å². The average Bonchev–Trinajstić information content (AvgIpc) is 3.51. The molecule has 3 amide bonds. The van der Waals surface area contributed by atoms with Crippen molar-refractivity contribution in [1.82, 2.24) is 19.6 Å². The Hall–Kier alpha value is -4.17. The molecular weight excluding hydrogens is 588 g/mol. The lowest BCUT2D eigenvalue weighted by atomic mass is 9.74. The van der Waals surface area contributed by atoms with Crippen molar-refractivity contribution in [1.29, 1.82) is 0 Å². The average molecular weight is 639 g/mol. The van der Waals surface area contributed by atoms with E-state index in [1.165, 1.54) is 12.0 Å². The summed E-state index contributed by atoms with van der Waals surface area (Å²) in [5, 5.41) is 0. The Morgan fingerprint density at radius 1 is 0.702 bits per heavy atom.